The maximum Gasteiger partial charge on any atom is 0.340 e. The molecule has 0 aliphatic rings. The first kappa shape index (κ1) is 48.6. The lowest BCUT2D eigenvalue weighted by Crippen LogP contribution is -2.47. The van der Waals surface area contributed by atoms with Crippen molar-refractivity contribution in [3.05, 3.63) is 24.3 Å². The molecule has 0 aliphatic heterocycles. The highest BCUT2D eigenvalue weighted by molar-refractivity contribution is 7.55. The standard InChI is InChI=1S/C40H73F2O7P/c1-3-5-7-9-11-13-15-17-19-21-23-25-27-29-31-33-38(43)48-36-37(35-40(41,42)50(45,46)47)49-39(44)34-32-30-28-26-24-22-20-18-16-14-12-10-8-6-4-2/h17-20,37H,3-16,21-36H2,1-2H3,(H2,45,46,47)/p-2/b19-17-,20-18-/t37-/m1/s1. The molecule has 1 atom stereocenters. The second-order valence-corrected chi connectivity index (χ2v) is 15.5. The van der Waals surface area contributed by atoms with Gasteiger partial charge in [0.25, 0.3) is 0 Å². The predicted octanol–water partition coefficient (Wildman–Crippen LogP) is 10.3. The summed E-state index contributed by atoms with van der Waals surface area (Å²) < 4.78 is 38.2. The van der Waals surface area contributed by atoms with E-state index in [1.54, 1.807) is 0 Å². The average Bonchev–Trinajstić information content (AvgIpc) is 3.06. The second kappa shape index (κ2) is 33.4. The lowest BCUT2D eigenvalue weighted by Gasteiger charge is -2.47. The quantitative estimate of drug-likeness (QED) is 0.0272. The number of alkyl halides is 2. The highest BCUT2D eigenvalue weighted by atomic mass is 31.2. The van der Waals surface area contributed by atoms with Crippen molar-refractivity contribution in [2.24, 2.45) is 0 Å². The van der Waals surface area contributed by atoms with Crippen molar-refractivity contribution in [3.8, 4) is 0 Å². The Morgan fingerprint density at radius 1 is 0.560 bits per heavy atom. The molecule has 0 unspecified atom stereocenters. The van der Waals surface area contributed by atoms with Gasteiger partial charge in [-0.1, -0.05) is 149 Å². The van der Waals surface area contributed by atoms with Gasteiger partial charge in [0.2, 0.25) is 0 Å². The Labute approximate surface area is 304 Å². The van der Waals surface area contributed by atoms with Crippen LogP contribution in [0.2, 0.25) is 0 Å². The average molecular weight is 733 g/mol. The summed E-state index contributed by atoms with van der Waals surface area (Å²) in [6.45, 7) is 3.72. The molecule has 0 bridgehead atoms. The van der Waals surface area contributed by atoms with Crippen LogP contribution >= 0.6 is 7.94 Å². The Hall–Kier alpha value is -1.41. The maximum atomic E-state index is 14.0. The third-order valence-corrected chi connectivity index (χ3v) is 9.87. The van der Waals surface area contributed by atoms with E-state index >= 15 is 0 Å². The van der Waals surface area contributed by atoms with Crippen LogP contribution in [0.15, 0.2) is 24.3 Å². The summed E-state index contributed by atoms with van der Waals surface area (Å²) >= 11 is 0. The molecule has 0 amide bonds. The first-order valence-electron chi connectivity index (χ1n) is 20.1. The minimum atomic E-state index is -6.29. The van der Waals surface area contributed by atoms with Crippen molar-refractivity contribution in [3.63, 3.8) is 0 Å². The Kier molecular flexibility index (Phi) is 32.5. The highest BCUT2D eigenvalue weighted by Gasteiger charge is 2.43. The number of halogens is 2. The molecule has 294 valence electrons. The number of unbranched alkanes of at least 4 members (excludes halogenated alkanes) is 22. The summed E-state index contributed by atoms with van der Waals surface area (Å²) in [5.41, 5.74) is -4.63. The molecule has 0 fully saturated rings. The molecule has 0 saturated heterocycles. The molecule has 10 heteroatoms. The van der Waals surface area contributed by atoms with Crippen LogP contribution in [0.25, 0.3) is 0 Å². The van der Waals surface area contributed by atoms with Gasteiger partial charge in [0, 0.05) is 12.8 Å². The van der Waals surface area contributed by atoms with Gasteiger partial charge >= 0.3 is 17.6 Å². The van der Waals surface area contributed by atoms with Gasteiger partial charge in [0.15, 0.2) is 0 Å². The summed E-state index contributed by atoms with van der Waals surface area (Å²) in [7, 11) is -6.29. The van der Waals surface area contributed by atoms with E-state index in [1.165, 1.54) is 77.0 Å². The van der Waals surface area contributed by atoms with E-state index < -0.39 is 44.7 Å². The van der Waals surface area contributed by atoms with Crippen molar-refractivity contribution >= 4 is 19.9 Å². The van der Waals surface area contributed by atoms with Crippen LogP contribution in [0.3, 0.4) is 0 Å². The SMILES string of the molecule is CCCCCCCC/C=C\CCCCCCCC(=O)OC[C@@H](CC(F)(F)[P+]([O-])([O-])[O-])OC(=O)CCCCCCC/C=C\CCCCCCCC. The summed E-state index contributed by atoms with van der Waals surface area (Å²) in [6, 6.07) is 0. The van der Waals surface area contributed by atoms with E-state index in [1.807, 2.05) is 0 Å². The Balaban J connectivity index is 4.19. The smallest absolute Gasteiger partial charge is 0.340 e. The lowest BCUT2D eigenvalue weighted by molar-refractivity contribution is -0.447. The number of hydrogen-bond donors (Lipinski definition) is 0. The summed E-state index contributed by atoms with van der Waals surface area (Å²) in [5.74, 6) is -1.43. The number of hydrogen-bond acceptors (Lipinski definition) is 7. The first-order chi connectivity index (χ1) is 24.0. The van der Waals surface area contributed by atoms with E-state index in [0.29, 0.717) is 12.8 Å². The number of esters is 2. The zero-order chi connectivity index (χ0) is 37.2. The van der Waals surface area contributed by atoms with Crippen LogP contribution < -0.4 is 14.7 Å². The molecule has 0 N–H and O–H groups in total. The van der Waals surface area contributed by atoms with Crippen molar-refractivity contribution in [2.75, 3.05) is 6.61 Å². The van der Waals surface area contributed by atoms with Crippen molar-refractivity contribution in [1.82, 2.24) is 0 Å². The normalized spacial score (nSPS) is 13.0. The van der Waals surface area contributed by atoms with Crippen LogP contribution in [0.5, 0.6) is 0 Å². The number of ether oxygens (including phenoxy) is 2. The van der Waals surface area contributed by atoms with Crippen LogP contribution in [0.4, 0.5) is 8.78 Å². The number of carbonyl (C=O) groups is 2. The highest BCUT2D eigenvalue weighted by Crippen LogP contribution is 2.51. The molecule has 0 rings (SSSR count). The zero-order valence-electron chi connectivity index (χ0n) is 31.7. The van der Waals surface area contributed by atoms with E-state index in [-0.39, 0.29) is 12.8 Å². The third-order valence-electron chi connectivity index (χ3n) is 8.89. The fourth-order valence-electron chi connectivity index (χ4n) is 5.70. The monoisotopic (exact) mass is 732 g/mol. The van der Waals surface area contributed by atoms with Gasteiger partial charge < -0.3 is 24.2 Å². The molecule has 0 aliphatic carbocycles. The first-order valence-corrected chi connectivity index (χ1v) is 21.6. The molecular formula is C40H71F2O7P-2. The summed E-state index contributed by atoms with van der Waals surface area (Å²) in [4.78, 5) is 57.8. The Morgan fingerprint density at radius 2 is 0.900 bits per heavy atom. The Morgan fingerprint density at radius 3 is 1.28 bits per heavy atom. The summed E-state index contributed by atoms with van der Waals surface area (Å²) in [5, 5.41) is 0. The maximum absolute atomic E-state index is 14.0. The molecule has 0 spiro atoms. The van der Waals surface area contributed by atoms with E-state index in [9.17, 15) is 33.1 Å². The fraction of sp³-hybridized carbons (Fsp3) is 0.850. The van der Waals surface area contributed by atoms with Crippen LogP contribution in [-0.2, 0) is 19.1 Å². The Bertz CT molecular complexity index is 861. The zero-order valence-corrected chi connectivity index (χ0v) is 32.6. The molecule has 50 heavy (non-hydrogen) atoms. The van der Waals surface area contributed by atoms with Crippen molar-refractivity contribution in [1.29, 1.82) is 0 Å². The van der Waals surface area contributed by atoms with Crippen LogP contribution in [0, 0.1) is 0 Å². The molecule has 0 radical (unpaired) electrons. The van der Waals surface area contributed by atoms with Gasteiger partial charge in [-0.05, 0) is 64.2 Å². The van der Waals surface area contributed by atoms with Gasteiger partial charge in [-0.3, -0.25) is 9.59 Å². The molecule has 0 saturated carbocycles. The minimum Gasteiger partial charge on any atom is -0.683 e. The van der Waals surface area contributed by atoms with Gasteiger partial charge in [0.1, 0.15) is 12.7 Å². The van der Waals surface area contributed by atoms with Gasteiger partial charge in [-0.2, -0.15) is 8.78 Å². The molecule has 7 nitrogen and oxygen atoms in total. The topological polar surface area (TPSA) is 122 Å². The fourth-order valence-corrected chi connectivity index (χ4v) is 6.13. The molecule has 0 aromatic heterocycles. The minimum absolute atomic E-state index is 0.0322. The van der Waals surface area contributed by atoms with Gasteiger partial charge in [-0.15, -0.1) is 0 Å². The molecule has 0 aromatic carbocycles. The van der Waals surface area contributed by atoms with E-state index in [2.05, 4.69) is 38.2 Å². The second-order valence-electron chi connectivity index (χ2n) is 13.8. The van der Waals surface area contributed by atoms with Crippen molar-refractivity contribution < 1.29 is 42.5 Å². The lowest BCUT2D eigenvalue weighted by atomic mass is 10.1. The van der Waals surface area contributed by atoms with Crippen LogP contribution in [0.1, 0.15) is 200 Å². The summed E-state index contributed by atoms with van der Waals surface area (Å²) in [6.07, 6.45) is 34.4. The molecular weight excluding hydrogens is 661 g/mol. The largest absolute Gasteiger partial charge is 0.683 e. The van der Waals surface area contributed by atoms with Gasteiger partial charge in [-0.25, -0.2) is 0 Å². The number of allylic oxidation sites excluding steroid dienone is 4. The van der Waals surface area contributed by atoms with E-state index in [0.717, 1.165) is 77.0 Å². The van der Waals surface area contributed by atoms with Gasteiger partial charge in [0.05, 0.1) is 6.42 Å². The number of rotatable bonds is 36. The predicted molar refractivity (Wildman–Crippen MR) is 196 cm³/mol. The van der Waals surface area contributed by atoms with Crippen LogP contribution in [-0.4, -0.2) is 30.3 Å². The van der Waals surface area contributed by atoms with E-state index in [4.69, 9.17) is 9.47 Å². The number of carbonyl (C=O) groups excluding carboxylic acids is 2. The third kappa shape index (κ3) is 31.3. The molecule has 0 aromatic rings. The molecule has 0 heterocycles. The van der Waals surface area contributed by atoms with Crippen molar-refractivity contribution in [2.45, 2.75) is 212 Å².